The molecule has 0 atom stereocenters. The Bertz CT molecular complexity index is 656. The summed E-state index contributed by atoms with van der Waals surface area (Å²) in [5, 5.41) is 7.86. The van der Waals surface area contributed by atoms with E-state index in [1.165, 1.54) is 0 Å². The lowest BCUT2D eigenvalue weighted by atomic mass is 9.82. The molecule has 2 aromatic rings. The van der Waals surface area contributed by atoms with Gasteiger partial charge in [0.25, 0.3) is 0 Å². The summed E-state index contributed by atoms with van der Waals surface area (Å²) in [4.78, 5) is 3.97. The van der Waals surface area contributed by atoms with Gasteiger partial charge in [-0.05, 0) is 49.3 Å². The van der Waals surface area contributed by atoms with Gasteiger partial charge in [-0.2, -0.15) is 18.3 Å². The van der Waals surface area contributed by atoms with Crippen LogP contribution < -0.4 is 4.74 Å². The van der Waals surface area contributed by atoms with Crippen molar-refractivity contribution < 1.29 is 17.9 Å². The van der Waals surface area contributed by atoms with E-state index in [0.29, 0.717) is 25.3 Å². The third-order valence-electron chi connectivity index (χ3n) is 4.42. The number of nitrogens with zero attached hydrogens (tertiary/aromatic N) is 3. The first-order valence-corrected chi connectivity index (χ1v) is 7.95. The van der Waals surface area contributed by atoms with Gasteiger partial charge in [0, 0.05) is 24.0 Å². The Kier molecular flexibility index (Phi) is 4.97. The first-order chi connectivity index (χ1) is 11.5. The lowest BCUT2D eigenvalue weighted by Crippen LogP contribution is -2.29. The van der Waals surface area contributed by atoms with Gasteiger partial charge in [0.2, 0.25) is 5.88 Å². The molecule has 128 valence electrons. The van der Waals surface area contributed by atoms with Crippen molar-refractivity contribution in [3.05, 3.63) is 36.8 Å². The minimum Gasteiger partial charge on any atom is -0.476 e. The van der Waals surface area contributed by atoms with Gasteiger partial charge in [0.15, 0.2) is 0 Å². The van der Waals surface area contributed by atoms with Crippen molar-refractivity contribution in [1.82, 2.24) is 15.2 Å². The largest absolute Gasteiger partial charge is 0.476 e. The smallest absolute Gasteiger partial charge is 0.391 e. The predicted octanol–water partition coefficient (Wildman–Crippen LogP) is 4.29. The SMILES string of the molecule is FC(F)(F)[C@H]1CC[C@H](COc2cc(-c3ccncc3)cnn2)CC1. The second-order valence-corrected chi connectivity index (χ2v) is 6.09. The average molecular weight is 337 g/mol. The molecular formula is C17H18F3N3O. The van der Waals surface area contributed by atoms with Crippen molar-refractivity contribution >= 4 is 0 Å². The van der Waals surface area contributed by atoms with Crippen molar-refractivity contribution in [1.29, 1.82) is 0 Å². The molecule has 2 heterocycles. The Morgan fingerprint density at radius 1 is 1.04 bits per heavy atom. The fourth-order valence-corrected chi connectivity index (χ4v) is 2.98. The second kappa shape index (κ2) is 7.15. The highest BCUT2D eigenvalue weighted by Gasteiger charge is 2.41. The molecule has 3 rings (SSSR count). The molecule has 4 nitrogen and oxygen atoms in total. The molecule has 24 heavy (non-hydrogen) atoms. The van der Waals surface area contributed by atoms with Crippen LogP contribution in [0.1, 0.15) is 25.7 Å². The van der Waals surface area contributed by atoms with Gasteiger partial charge in [0.05, 0.1) is 18.7 Å². The van der Waals surface area contributed by atoms with E-state index in [1.807, 2.05) is 12.1 Å². The van der Waals surface area contributed by atoms with Crippen molar-refractivity contribution in [2.45, 2.75) is 31.9 Å². The van der Waals surface area contributed by atoms with E-state index >= 15 is 0 Å². The van der Waals surface area contributed by atoms with Gasteiger partial charge in [0.1, 0.15) is 0 Å². The van der Waals surface area contributed by atoms with Crippen LogP contribution in [0.25, 0.3) is 11.1 Å². The van der Waals surface area contributed by atoms with Crippen LogP contribution in [0.4, 0.5) is 13.2 Å². The van der Waals surface area contributed by atoms with Crippen LogP contribution in [0, 0.1) is 11.8 Å². The molecule has 0 unspecified atom stereocenters. The van der Waals surface area contributed by atoms with Crippen LogP contribution in [0.3, 0.4) is 0 Å². The van der Waals surface area contributed by atoms with Gasteiger partial charge < -0.3 is 4.74 Å². The summed E-state index contributed by atoms with van der Waals surface area (Å²) in [7, 11) is 0. The number of rotatable bonds is 4. The fraction of sp³-hybridized carbons (Fsp3) is 0.471. The van der Waals surface area contributed by atoms with E-state index in [2.05, 4.69) is 15.2 Å². The minimum absolute atomic E-state index is 0.134. The molecular weight excluding hydrogens is 319 g/mol. The van der Waals surface area contributed by atoms with E-state index in [0.717, 1.165) is 11.1 Å². The van der Waals surface area contributed by atoms with Gasteiger partial charge in [-0.3, -0.25) is 4.98 Å². The molecule has 0 aliphatic heterocycles. The average Bonchev–Trinajstić information content (AvgIpc) is 2.61. The summed E-state index contributed by atoms with van der Waals surface area (Å²) in [6.45, 7) is 0.374. The summed E-state index contributed by atoms with van der Waals surface area (Å²) in [6, 6.07) is 5.50. The summed E-state index contributed by atoms with van der Waals surface area (Å²) in [6.07, 6.45) is 2.36. The highest BCUT2D eigenvalue weighted by Crippen LogP contribution is 2.39. The molecule has 0 bridgehead atoms. The zero-order valence-corrected chi connectivity index (χ0v) is 13.0. The highest BCUT2D eigenvalue weighted by molar-refractivity contribution is 5.62. The monoisotopic (exact) mass is 337 g/mol. The maximum Gasteiger partial charge on any atom is 0.391 e. The second-order valence-electron chi connectivity index (χ2n) is 6.09. The fourth-order valence-electron chi connectivity index (χ4n) is 2.98. The maximum absolute atomic E-state index is 12.7. The van der Waals surface area contributed by atoms with E-state index in [1.54, 1.807) is 24.7 Å². The zero-order valence-electron chi connectivity index (χ0n) is 13.0. The Labute approximate surface area is 138 Å². The third-order valence-corrected chi connectivity index (χ3v) is 4.42. The first kappa shape index (κ1) is 16.7. The van der Waals surface area contributed by atoms with Gasteiger partial charge in [-0.15, -0.1) is 5.10 Å². The summed E-state index contributed by atoms with van der Waals surface area (Å²) in [5.74, 6) is -0.638. The molecule has 0 aromatic carbocycles. The highest BCUT2D eigenvalue weighted by atomic mass is 19.4. The number of alkyl halides is 3. The van der Waals surface area contributed by atoms with Crippen LogP contribution in [-0.2, 0) is 0 Å². The van der Waals surface area contributed by atoms with Crippen molar-refractivity contribution in [3.8, 4) is 17.0 Å². The van der Waals surface area contributed by atoms with Gasteiger partial charge >= 0.3 is 6.18 Å². The van der Waals surface area contributed by atoms with Crippen molar-refractivity contribution in [2.24, 2.45) is 11.8 Å². The van der Waals surface area contributed by atoms with E-state index in [-0.39, 0.29) is 18.8 Å². The topological polar surface area (TPSA) is 47.9 Å². The normalized spacial score (nSPS) is 21.5. The Morgan fingerprint density at radius 2 is 1.75 bits per heavy atom. The predicted molar refractivity (Wildman–Crippen MR) is 82.3 cm³/mol. The molecule has 1 fully saturated rings. The van der Waals surface area contributed by atoms with Crippen LogP contribution in [0.5, 0.6) is 5.88 Å². The van der Waals surface area contributed by atoms with E-state index in [9.17, 15) is 13.2 Å². The molecule has 0 spiro atoms. The first-order valence-electron chi connectivity index (χ1n) is 7.95. The quantitative estimate of drug-likeness (QED) is 0.835. The third kappa shape index (κ3) is 4.21. The standard InChI is InChI=1S/C17H18F3N3O/c18-17(19,20)15-3-1-12(2-4-15)11-24-16-9-14(10-22-23-16)13-5-7-21-8-6-13/h5-10,12,15H,1-4,11H2/t12-,15-. The van der Waals surface area contributed by atoms with Crippen LogP contribution >= 0.6 is 0 Å². The Balaban J connectivity index is 1.55. The number of hydrogen-bond acceptors (Lipinski definition) is 4. The summed E-state index contributed by atoms with van der Waals surface area (Å²) >= 11 is 0. The Morgan fingerprint density at radius 3 is 2.42 bits per heavy atom. The number of halogens is 3. The lowest BCUT2D eigenvalue weighted by Gasteiger charge is -2.29. The van der Waals surface area contributed by atoms with Gasteiger partial charge in [-0.25, -0.2) is 0 Å². The maximum atomic E-state index is 12.7. The minimum atomic E-state index is -4.07. The Hall–Kier alpha value is -2.18. The molecule has 0 N–H and O–H groups in total. The molecule has 0 amide bonds. The molecule has 1 aliphatic rings. The van der Waals surface area contributed by atoms with Gasteiger partial charge in [-0.1, -0.05) is 0 Å². The number of pyridine rings is 1. The van der Waals surface area contributed by atoms with Crippen LogP contribution in [0.15, 0.2) is 36.8 Å². The zero-order chi connectivity index (χ0) is 17.0. The van der Waals surface area contributed by atoms with Crippen molar-refractivity contribution in [2.75, 3.05) is 6.61 Å². The molecule has 0 radical (unpaired) electrons. The summed E-state index contributed by atoms with van der Waals surface area (Å²) in [5.41, 5.74) is 1.82. The summed E-state index contributed by atoms with van der Waals surface area (Å²) < 4.78 is 43.7. The van der Waals surface area contributed by atoms with Crippen LogP contribution in [0.2, 0.25) is 0 Å². The molecule has 7 heteroatoms. The lowest BCUT2D eigenvalue weighted by molar-refractivity contribution is -0.184. The van der Waals surface area contributed by atoms with E-state index in [4.69, 9.17) is 4.74 Å². The van der Waals surface area contributed by atoms with Crippen molar-refractivity contribution in [3.63, 3.8) is 0 Å². The molecule has 0 saturated heterocycles. The molecule has 2 aromatic heterocycles. The number of aromatic nitrogens is 3. The van der Waals surface area contributed by atoms with E-state index < -0.39 is 12.1 Å². The molecule has 1 aliphatic carbocycles. The molecule has 1 saturated carbocycles. The van der Waals surface area contributed by atoms with Crippen LogP contribution in [-0.4, -0.2) is 28.0 Å². The number of ether oxygens (including phenoxy) is 1. The number of hydrogen-bond donors (Lipinski definition) is 0.